The Balaban J connectivity index is 1.68. The van der Waals surface area contributed by atoms with E-state index in [-0.39, 0.29) is 4.90 Å². The van der Waals surface area contributed by atoms with Gasteiger partial charge in [0.2, 0.25) is 0 Å². The number of fused-ring (bicyclic) bond motifs is 2. The van der Waals surface area contributed by atoms with Gasteiger partial charge in [-0.1, -0.05) is 30.3 Å². The number of sulfonamides is 1. The van der Waals surface area contributed by atoms with E-state index in [1.807, 2.05) is 24.3 Å². The summed E-state index contributed by atoms with van der Waals surface area (Å²) < 4.78 is 29.2. The molecule has 4 aromatic rings. The minimum absolute atomic E-state index is 0.0247. The quantitative estimate of drug-likeness (QED) is 0.523. The molecular weight excluding hydrogens is 418 g/mol. The first-order valence-corrected chi connectivity index (χ1v) is 9.90. The molecule has 8 heteroatoms. The van der Waals surface area contributed by atoms with Crippen molar-refractivity contribution < 1.29 is 13.2 Å². The standard InChI is InChI=1S/C18H12BrN3O3S/c19-15-9-14-7-8-22(17(14)20-11-15)18(23)21-26(24,25)16-6-5-12-3-1-2-4-13(12)10-16/h1-11H,(H,21,23). The first-order chi connectivity index (χ1) is 12.4. The number of hydrogen-bond acceptors (Lipinski definition) is 4. The molecule has 0 aliphatic carbocycles. The van der Waals surface area contributed by atoms with E-state index in [2.05, 4.69) is 25.6 Å². The Kier molecular flexibility index (Phi) is 4.01. The van der Waals surface area contributed by atoms with Crippen LogP contribution in [0.5, 0.6) is 0 Å². The average molecular weight is 430 g/mol. The van der Waals surface area contributed by atoms with Crippen LogP contribution in [0, 0.1) is 0 Å². The van der Waals surface area contributed by atoms with Crippen molar-refractivity contribution in [3.05, 3.63) is 71.5 Å². The number of pyridine rings is 1. The molecule has 2 aromatic carbocycles. The zero-order valence-corrected chi connectivity index (χ0v) is 15.7. The van der Waals surface area contributed by atoms with Gasteiger partial charge in [-0.15, -0.1) is 0 Å². The Labute approximate surface area is 157 Å². The third-order valence-corrected chi connectivity index (χ3v) is 5.72. The summed E-state index contributed by atoms with van der Waals surface area (Å²) in [6.07, 6.45) is 3.03. The van der Waals surface area contributed by atoms with E-state index in [0.29, 0.717) is 5.65 Å². The number of nitrogens with one attached hydrogen (secondary N) is 1. The van der Waals surface area contributed by atoms with Crippen molar-refractivity contribution in [1.82, 2.24) is 14.3 Å². The third kappa shape index (κ3) is 2.97. The molecule has 26 heavy (non-hydrogen) atoms. The molecule has 2 heterocycles. The summed E-state index contributed by atoms with van der Waals surface area (Å²) in [5.74, 6) is 0. The summed E-state index contributed by atoms with van der Waals surface area (Å²) in [6.45, 7) is 0. The Morgan fingerprint density at radius 1 is 1.00 bits per heavy atom. The minimum Gasteiger partial charge on any atom is -0.252 e. The van der Waals surface area contributed by atoms with E-state index in [0.717, 1.165) is 20.6 Å². The van der Waals surface area contributed by atoms with Gasteiger partial charge in [-0.05, 0) is 51.0 Å². The average Bonchev–Trinajstić information content (AvgIpc) is 3.04. The highest BCUT2D eigenvalue weighted by molar-refractivity contribution is 9.10. The van der Waals surface area contributed by atoms with Gasteiger partial charge in [-0.3, -0.25) is 4.57 Å². The van der Waals surface area contributed by atoms with Crippen molar-refractivity contribution in [2.45, 2.75) is 4.90 Å². The number of hydrogen-bond donors (Lipinski definition) is 1. The van der Waals surface area contributed by atoms with Crippen LogP contribution in [0.1, 0.15) is 0 Å². The lowest BCUT2D eigenvalue weighted by molar-refractivity contribution is 0.248. The fraction of sp³-hybridized carbons (Fsp3) is 0. The van der Waals surface area contributed by atoms with Gasteiger partial charge >= 0.3 is 6.03 Å². The second kappa shape index (κ2) is 6.22. The number of halogens is 1. The van der Waals surface area contributed by atoms with Gasteiger partial charge in [0.25, 0.3) is 10.0 Å². The zero-order chi connectivity index (χ0) is 18.3. The molecule has 130 valence electrons. The number of rotatable bonds is 2. The molecule has 0 aliphatic heterocycles. The molecular formula is C18H12BrN3O3S. The highest BCUT2D eigenvalue weighted by Crippen LogP contribution is 2.20. The maximum atomic E-state index is 12.6. The summed E-state index contributed by atoms with van der Waals surface area (Å²) in [7, 11) is -4.01. The summed E-state index contributed by atoms with van der Waals surface area (Å²) in [5, 5.41) is 2.42. The van der Waals surface area contributed by atoms with Crippen LogP contribution < -0.4 is 4.72 Å². The zero-order valence-electron chi connectivity index (χ0n) is 13.3. The Morgan fingerprint density at radius 2 is 1.77 bits per heavy atom. The second-order valence-electron chi connectivity index (χ2n) is 5.67. The van der Waals surface area contributed by atoms with Crippen molar-refractivity contribution >= 4 is 53.8 Å². The number of amides is 1. The summed E-state index contributed by atoms with van der Waals surface area (Å²) in [5.41, 5.74) is 0.374. The van der Waals surface area contributed by atoms with Gasteiger partial charge in [-0.2, -0.15) is 0 Å². The van der Waals surface area contributed by atoms with Crippen molar-refractivity contribution in [3.63, 3.8) is 0 Å². The number of carbonyl (C=O) groups is 1. The second-order valence-corrected chi connectivity index (χ2v) is 8.27. The maximum Gasteiger partial charge on any atom is 0.341 e. The van der Waals surface area contributed by atoms with Gasteiger partial charge in [0.1, 0.15) is 5.65 Å². The number of carbonyl (C=O) groups excluding carboxylic acids is 1. The van der Waals surface area contributed by atoms with Gasteiger partial charge in [0.05, 0.1) is 4.90 Å². The van der Waals surface area contributed by atoms with Crippen LogP contribution in [0.3, 0.4) is 0 Å². The van der Waals surface area contributed by atoms with Gasteiger partial charge in [0.15, 0.2) is 0 Å². The molecule has 0 spiro atoms. The van der Waals surface area contributed by atoms with Crippen molar-refractivity contribution in [2.24, 2.45) is 0 Å². The molecule has 0 aliphatic rings. The van der Waals surface area contributed by atoms with E-state index in [4.69, 9.17) is 0 Å². The minimum atomic E-state index is -4.01. The van der Waals surface area contributed by atoms with E-state index < -0.39 is 16.1 Å². The first-order valence-electron chi connectivity index (χ1n) is 7.63. The van der Waals surface area contributed by atoms with Crippen LogP contribution in [0.4, 0.5) is 4.79 Å². The van der Waals surface area contributed by atoms with Crippen LogP contribution in [-0.2, 0) is 10.0 Å². The molecule has 0 atom stereocenters. The normalized spacial score (nSPS) is 11.7. The molecule has 2 aromatic heterocycles. The van der Waals surface area contributed by atoms with E-state index in [9.17, 15) is 13.2 Å². The van der Waals surface area contributed by atoms with Crippen LogP contribution in [-0.4, -0.2) is 24.0 Å². The Hall–Kier alpha value is -2.71. The lowest BCUT2D eigenvalue weighted by Gasteiger charge is -2.09. The van der Waals surface area contributed by atoms with Crippen molar-refractivity contribution in [3.8, 4) is 0 Å². The molecule has 0 saturated heterocycles. The largest absolute Gasteiger partial charge is 0.341 e. The smallest absolute Gasteiger partial charge is 0.252 e. The fourth-order valence-corrected chi connectivity index (χ4v) is 4.04. The monoisotopic (exact) mass is 429 g/mol. The summed E-state index contributed by atoms with van der Waals surface area (Å²) in [6, 6.07) is 14.8. The van der Waals surface area contributed by atoms with Gasteiger partial charge < -0.3 is 0 Å². The van der Waals surface area contributed by atoms with Crippen LogP contribution in [0.2, 0.25) is 0 Å². The molecule has 1 amide bonds. The van der Waals surface area contributed by atoms with E-state index in [1.54, 1.807) is 24.4 Å². The number of benzene rings is 2. The predicted octanol–water partition coefficient (Wildman–Crippen LogP) is 3.90. The SMILES string of the molecule is O=C(NS(=O)(=O)c1ccc2ccccc2c1)n1ccc2cc(Br)cnc21. The molecule has 1 N–H and O–H groups in total. The molecule has 0 saturated carbocycles. The molecule has 4 rings (SSSR count). The molecule has 0 radical (unpaired) electrons. The summed E-state index contributed by atoms with van der Waals surface area (Å²) >= 11 is 3.31. The Bertz CT molecular complexity index is 1270. The van der Waals surface area contributed by atoms with Crippen LogP contribution in [0.15, 0.2) is 76.4 Å². The lowest BCUT2D eigenvalue weighted by Crippen LogP contribution is -2.33. The van der Waals surface area contributed by atoms with Crippen LogP contribution in [0.25, 0.3) is 21.8 Å². The molecule has 0 fully saturated rings. The van der Waals surface area contributed by atoms with E-state index in [1.165, 1.54) is 22.9 Å². The van der Waals surface area contributed by atoms with E-state index >= 15 is 0 Å². The van der Waals surface area contributed by atoms with Crippen molar-refractivity contribution in [2.75, 3.05) is 0 Å². The van der Waals surface area contributed by atoms with Gasteiger partial charge in [-0.25, -0.2) is 22.9 Å². The maximum absolute atomic E-state index is 12.6. The summed E-state index contributed by atoms with van der Waals surface area (Å²) in [4.78, 5) is 16.7. The number of aromatic nitrogens is 2. The predicted molar refractivity (Wildman–Crippen MR) is 102 cm³/mol. The fourth-order valence-electron chi connectivity index (χ4n) is 2.72. The molecule has 6 nitrogen and oxygen atoms in total. The first kappa shape index (κ1) is 16.7. The topological polar surface area (TPSA) is 81.1 Å². The lowest BCUT2D eigenvalue weighted by atomic mass is 10.1. The molecule has 0 unspecified atom stereocenters. The highest BCUT2D eigenvalue weighted by atomic mass is 79.9. The number of nitrogens with zero attached hydrogens (tertiary/aromatic N) is 2. The third-order valence-electron chi connectivity index (χ3n) is 3.96. The molecule has 0 bridgehead atoms. The van der Waals surface area contributed by atoms with Crippen LogP contribution >= 0.6 is 15.9 Å². The highest BCUT2D eigenvalue weighted by Gasteiger charge is 2.20. The van der Waals surface area contributed by atoms with Crippen molar-refractivity contribution in [1.29, 1.82) is 0 Å². The van der Waals surface area contributed by atoms with Gasteiger partial charge in [0, 0.05) is 22.3 Å². The Morgan fingerprint density at radius 3 is 2.58 bits per heavy atom.